The van der Waals surface area contributed by atoms with Crippen LogP contribution in [0.1, 0.15) is 12.5 Å². The van der Waals surface area contributed by atoms with E-state index in [1.807, 2.05) is 6.92 Å². The second-order valence-electron chi connectivity index (χ2n) is 5.80. The van der Waals surface area contributed by atoms with Crippen LogP contribution in [0.2, 0.25) is 5.02 Å². The minimum Gasteiger partial charge on any atom is -0.495 e. The maximum Gasteiger partial charge on any atom is 0.243 e. The van der Waals surface area contributed by atoms with Crippen molar-refractivity contribution in [1.29, 1.82) is 0 Å². The number of hydrogen-bond donors (Lipinski definition) is 3. The van der Waals surface area contributed by atoms with Crippen molar-refractivity contribution in [1.82, 2.24) is 0 Å². The third kappa shape index (κ3) is 5.52. The van der Waals surface area contributed by atoms with E-state index >= 15 is 0 Å². The lowest BCUT2D eigenvalue weighted by Crippen LogP contribution is -2.22. The fraction of sp³-hybridized carbons (Fsp3) is 0.263. The van der Waals surface area contributed by atoms with E-state index in [4.69, 9.17) is 21.1 Å². The van der Waals surface area contributed by atoms with E-state index in [-0.39, 0.29) is 18.4 Å². The van der Waals surface area contributed by atoms with Crippen LogP contribution in [0.5, 0.6) is 11.5 Å². The molecule has 7 nitrogen and oxygen atoms in total. The number of amides is 2. The predicted molar refractivity (Wildman–Crippen MR) is 107 cm³/mol. The molecular weight excluding hydrogens is 370 g/mol. The van der Waals surface area contributed by atoms with Gasteiger partial charge in [-0.2, -0.15) is 0 Å². The van der Waals surface area contributed by atoms with Crippen LogP contribution in [0.15, 0.2) is 30.3 Å². The molecule has 2 aromatic carbocycles. The molecule has 2 rings (SSSR count). The van der Waals surface area contributed by atoms with Gasteiger partial charge in [0.05, 0.1) is 32.1 Å². The van der Waals surface area contributed by atoms with Gasteiger partial charge in [0.25, 0.3) is 0 Å². The van der Waals surface area contributed by atoms with Gasteiger partial charge in [0.1, 0.15) is 11.5 Å². The third-order valence-electron chi connectivity index (χ3n) is 3.71. The molecule has 2 amide bonds. The first-order valence-electron chi connectivity index (χ1n) is 8.17. The SMILES string of the molecule is COc1ccc(NC(C)=O)cc1NCC(=O)Nc1cc(C)c(Cl)cc1OC. The number of carbonyl (C=O) groups excluding carboxylic acids is 2. The number of anilines is 3. The van der Waals surface area contributed by atoms with Crippen LogP contribution in [0.25, 0.3) is 0 Å². The molecule has 3 N–H and O–H groups in total. The fourth-order valence-electron chi connectivity index (χ4n) is 2.43. The Morgan fingerprint density at radius 2 is 1.70 bits per heavy atom. The van der Waals surface area contributed by atoms with Crippen molar-refractivity contribution in [2.45, 2.75) is 13.8 Å². The van der Waals surface area contributed by atoms with Gasteiger partial charge in [0.15, 0.2) is 0 Å². The van der Waals surface area contributed by atoms with E-state index in [9.17, 15) is 9.59 Å². The van der Waals surface area contributed by atoms with Crippen LogP contribution < -0.4 is 25.4 Å². The Kier molecular flexibility index (Phi) is 6.90. The Morgan fingerprint density at radius 1 is 1.00 bits per heavy atom. The number of carbonyl (C=O) groups is 2. The summed E-state index contributed by atoms with van der Waals surface area (Å²) in [6.45, 7) is 3.26. The molecule has 144 valence electrons. The molecule has 2 aromatic rings. The molecule has 0 aliphatic carbocycles. The fourth-order valence-corrected chi connectivity index (χ4v) is 2.58. The van der Waals surface area contributed by atoms with Gasteiger partial charge in [0, 0.05) is 23.7 Å². The zero-order valence-electron chi connectivity index (χ0n) is 15.6. The Labute approximate surface area is 163 Å². The highest BCUT2D eigenvalue weighted by Crippen LogP contribution is 2.31. The Morgan fingerprint density at radius 3 is 2.33 bits per heavy atom. The predicted octanol–water partition coefficient (Wildman–Crippen LogP) is 3.67. The summed E-state index contributed by atoms with van der Waals surface area (Å²) >= 11 is 6.08. The lowest BCUT2D eigenvalue weighted by atomic mass is 10.2. The van der Waals surface area contributed by atoms with Gasteiger partial charge in [-0.15, -0.1) is 0 Å². The first-order valence-corrected chi connectivity index (χ1v) is 8.55. The zero-order valence-corrected chi connectivity index (χ0v) is 16.4. The van der Waals surface area contributed by atoms with E-state index in [1.54, 1.807) is 30.3 Å². The number of hydrogen-bond acceptors (Lipinski definition) is 5. The van der Waals surface area contributed by atoms with Crippen molar-refractivity contribution >= 4 is 40.5 Å². The summed E-state index contributed by atoms with van der Waals surface area (Å²) in [6.07, 6.45) is 0. The topological polar surface area (TPSA) is 88.7 Å². The van der Waals surface area contributed by atoms with Crippen molar-refractivity contribution < 1.29 is 19.1 Å². The standard InChI is InChI=1S/C19H22ClN3O4/c1-11-7-16(18(27-4)9-14(11)20)23-19(25)10-21-15-8-13(22-12(2)24)5-6-17(15)26-3/h5-9,21H,10H2,1-4H3,(H,22,24)(H,23,25). The van der Waals surface area contributed by atoms with Gasteiger partial charge >= 0.3 is 0 Å². The van der Waals surface area contributed by atoms with E-state index < -0.39 is 0 Å². The number of rotatable bonds is 7. The molecule has 0 saturated heterocycles. The molecule has 0 saturated carbocycles. The zero-order chi connectivity index (χ0) is 20.0. The van der Waals surface area contributed by atoms with Crippen LogP contribution >= 0.6 is 11.6 Å². The summed E-state index contributed by atoms with van der Waals surface area (Å²) in [7, 11) is 3.04. The Bertz CT molecular complexity index is 855. The summed E-state index contributed by atoms with van der Waals surface area (Å²) in [5.74, 6) is 0.567. The molecule has 8 heteroatoms. The van der Waals surface area contributed by atoms with Gasteiger partial charge < -0.3 is 25.4 Å². The average Bonchev–Trinajstić information content (AvgIpc) is 2.62. The molecule has 0 spiro atoms. The molecule has 27 heavy (non-hydrogen) atoms. The molecule has 0 atom stereocenters. The monoisotopic (exact) mass is 391 g/mol. The number of aryl methyl sites for hydroxylation is 1. The van der Waals surface area contributed by atoms with Gasteiger partial charge in [-0.05, 0) is 36.8 Å². The molecule has 0 heterocycles. The number of halogens is 1. The van der Waals surface area contributed by atoms with Crippen molar-refractivity contribution in [2.75, 3.05) is 36.7 Å². The van der Waals surface area contributed by atoms with Crippen LogP contribution in [0.4, 0.5) is 17.1 Å². The van der Waals surface area contributed by atoms with Gasteiger partial charge in [-0.1, -0.05) is 11.6 Å². The molecular formula is C19H22ClN3O4. The van der Waals surface area contributed by atoms with Crippen molar-refractivity contribution in [3.8, 4) is 11.5 Å². The molecule has 0 bridgehead atoms. The lowest BCUT2D eigenvalue weighted by molar-refractivity contribution is -0.115. The first-order chi connectivity index (χ1) is 12.8. The Hall–Kier alpha value is -2.93. The van der Waals surface area contributed by atoms with Crippen LogP contribution in [-0.2, 0) is 9.59 Å². The quantitative estimate of drug-likeness (QED) is 0.670. The second kappa shape index (κ2) is 9.14. The molecule has 0 aliphatic heterocycles. The van der Waals surface area contributed by atoms with Crippen LogP contribution in [-0.4, -0.2) is 32.6 Å². The lowest BCUT2D eigenvalue weighted by Gasteiger charge is -2.15. The van der Waals surface area contributed by atoms with Crippen molar-refractivity contribution in [3.05, 3.63) is 40.9 Å². The summed E-state index contributed by atoms with van der Waals surface area (Å²) in [6, 6.07) is 8.52. The number of benzene rings is 2. The third-order valence-corrected chi connectivity index (χ3v) is 4.12. The highest BCUT2D eigenvalue weighted by Gasteiger charge is 2.12. The maximum atomic E-state index is 12.3. The minimum atomic E-state index is -0.276. The molecule has 0 radical (unpaired) electrons. The van der Waals surface area contributed by atoms with E-state index in [0.29, 0.717) is 33.6 Å². The van der Waals surface area contributed by atoms with Gasteiger partial charge in [0.2, 0.25) is 11.8 Å². The normalized spacial score (nSPS) is 10.1. The molecule has 0 aliphatic rings. The van der Waals surface area contributed by atoms with E-state index in [0.717, 1.165) is 5.56 Å². The van der Waals surface area contributed by atoms with Crippen LogP contribution in [0.3, 0.4) is 0 Å². The largest absolute Gasteiger partial charge is 0.495 e. The number of methoxy groups -OCH3 is 2. The minimum absolute atomic E-state index is 0.00921. The molecule has 0 fully saturated rings. The van der Waals surface area contributed by atoms with E-state index in [1.165, 1.54) is 21.1 Å². The van der Waals surface area contributed by atoms with Crippen LogP contribution in [0, 0.1) is 6.92 Å². The summed E-state index contributed by atoms with van der Waals surface area (Å²) < 4.78 is 10.5. The summed E-state index contributed by atoms with van der Waals surface area (Å²) in [4.78, 5) is 23.6. The molecule has 0 unspecified atom stereocenters. The van der Waals surface area contributed by atoms with E-state index in [2.05, 4.69) is 16.0 Å². The van der Waals surface area contributed by atoms with Gasteiger partial charge in [-0.25, -0.2) is 0 Å². The number of ether oxygens (including phenoxy) is 2. The highest BCUT2D eigenvalue weighted by molar-refractivity contribution is 6.31. The summed E-state index contributed by atoms with van der Waals surface area (Å²) in [5, 5.41) is 9.04. The van der Waals surface area contributed by atoms with Crippen molar-refractivity contribution in [3.63, 3.8) is 0 Å². The maximum absolute atomic E-state index is 12.3. The smallest absolute Gasteiger partial charge is 0.243 e. The highest BCUT2D eigenvalue weighted by atomic mass is 35.5. The molecule has 0 aromatic heterocycles. The van der Waals surface area contributed by atoms with Gasteiger partial charge in [-0.3, -0.25) is 9.59 Å². The van der Waals surface area contributed by atoms with Crippen molar-refractivity contribution in [2.24, 2.45) is 0 Å². The second-order valence-corrected chi connectivity index (χ2v) is 6.21. The average molecular weight is 392 g/mol. The number of nitrogens with one attached hydrogen (secondary N) is 3. The Balaban J connectivity index is 2.09. The first kappa shape index (κ1) is 20.4. The summed E-state index contributed by atoms with van der Waals surface area (Å²) in [5.41, 5.74) is 2.54.